The van der Waals surface area contributed by atoms with Crippen molar-refractivity contribution in [1.29, 1.82) is 0 Å². The minimum Gasteiger partial charge on any atom is -0.355 e. The van der Waals surface area contributed by atoms with Gasteiger partial charge in [-0.05, 0) is 6.92 Å². The van der Waals surface area contributed by atoms with E-state index in [1.54, 1.807) is 16.7 Å². The lowest BCUT2D eigenvalue weighted by atomic mass is 10.0. The van der Waals surface area contributed by atoms with Gasteiger partial charge in [-0.3, -0.25) is 14.5 Å². The molecule has 2 aliphatic rings. The summed E-state index contributed by atoms with van der Waals surface area (Å²) < 4.78 is 27.6. The van der Waals surface area contributed by atoms with Crippen LogP contribution in [0.2, 0.25) is 0 Å². The summed E-state index contributed by atoms with van der Waals surface area (Å²) in [6.45, 7) is 3.74. The maximum absolute atomic E-state index is 13.8. The summed E-state index contributed by atoms with van der Waals surface area (Å²) in [6.07, 6.45) is 2.67. The molecule has 2 saturated heterocycles. The number of nitrogens with zero attached hydrogens (tertiary/aromatic N) is 4. The molecule has 25 heavy (non-hydrogen) atoms. The molecule has 2 aliphatic heterocycles. The molecule has 1 N–H and O–H groups in total. The van der Waals surface area contributed by atoms with Crippen LogP contribution in [0.25, 0.3) is 0 Å². The Balaban J connectivity index is 1.59. The normalized spacial score (nSPS) is 23.4. The van der Waals surface area contributed by atoms with E-state index >= 15 is 0 Å². The van der Waals surface area contributed by atoms with Crippen LogP contribution in [0.3, 0.4) is 0 Å². The van der Waals surface area contributed by atoms with Crippen LogP contribution in [-0.4, -0.2) is 75.8 Å². The van der Waals surface area contributed by atoms with Gasteiger partial charge in [-0.1, -0.05) is 0 Å². The monoisotopic (exact) mass is 353 g/mol. The van der Waals surface area contributed by atoms with E-state index in [0.29, 0.717) is 24.5 Å². The summed E-state index contributed by atoms with van der Waals surface area (Å²) in [4.78, 5) is 34.7. The summed E-state index contributed by atoms with van der Waals surface area (Å²) in [5.41, 5.74) is 0.394. The fourth-order valence-corrected chi connectivity index (χ4v) is 3.32. The number of likely N-dealkylation sites (tertiary alicyclic amines) is 2. The number of nitrogens with one attached hydrogen (secondary N) is 1. The molecule has 3 heterocycles. The average molecular weight is 353 g/mol. The van der Waals surface area contributed by atoms with Gasteiger partial charge in [-0.2, -0.15) is 0 Å². The van der Waals surface area contributed by atoms with Crippen molar-refractivity contribution in [2.45, 2.75) is 38.3 Å². The molecule has 0 aromatic carbocycles. The van der Waals surface area contributed by atoms with E-state index < -0.39 is 12.0 Å². The molecule has 7 nitrogen and oxygen atoms in total. The minimum atomic E-state index is -2.77. The third-order valence-corrected chi connectivity index (χ3v) is 4.65. The van der Waals surface area contributed by atoms with Crippen LogP contribution in [0, 0.1) is 6.92 Å². The molecule has 0 spiro atoms. The van der Waals surface area contributed by atoms with E-state index in [4.69, 9.17) is 0 Å². The number of carbonyl (C=O) groups excluding carboxylic acids is 2. The third-order valence-electron chi connectivity index (χ3n) is 4.65. The van der Waals surface area contributed by atoms with Crippen LogP contribution < -0.4 is 5.32 Å². The molecule has 0 bridgehead atoms. The number of rotatable bonds is 4. The Bertz CT molecular complexity index is 661. The van der Waals surface area contributed by atoms with Crippen LogP contribution in [0.4, 0.5) is 8.78 Å². The largest absolute Gasteiger partial charge is 0.355 e. The number of halogens is 2. The third kappa shape index (κ3) is 3.92. The molecular weight excluding hydrogens is 332 g/mol. The van der Waals surface area contributed by atoms with Gasteiger partial charge in [0.05, 0.1) is 12.1 Å². The van der Waals surface area contributed by atoms with E-state index in [2.05, 4.69) is 15.3 Å². The number of aryl methyl sites for hydroxylation is 1. The van der Waals surface area contributed by atoms with Crippen molar-refractivity contribution in [3.8, 4) is 0 Å². The first-order valence-electron chi connectivity index (χ1n) is 8.21. The predicted octanol–water partition coefficient (Wildman–Crippen LogP) is 0.455. The lowest BCUT2D eigenvalue weighted by Crippen LogP contribution is -2.63. The van der Waals surface area contributed by atoms with Crippen molar-refractivity contribution in [1.82, 2.24) is 25.1 Å². The first-order chi connectivity index (χ1) is 11.7. The van der Waals surface area contributed by atoms with Gasteiger partial charge in [0.25, 0.3) is 11.8 Å². The number of hydrogen-bond donors (Lipinski definition) is 1. The quantitative estimate of drug-likeness (QED) is 0.851. The SMILES string of the molecule is CC(=O)NC[C@@H]1CC(F)(F)CN1C1CN(C(=O)c2cnc(C)nc2)C1. The smallest absolute Gasteiger partial charge is 0.262 e. The Hall–Kier alpha value is -2.16. The van der Waals surface area contributed by atoms with Gasteiger partial charge in [-0.25, -0.2) is 18.7 Å². The lowest BCUT2D eigenvalue weighted by Gasteiger charge is -2.45. The fraction of sp³-hybridized carbons (Fsp3) is 0.625. The van der Waals surface area contributed by atoms with Gasteiger partial charge < -0.3 is 10.2 Å². The van der Waals surface area contributed by atoms with Crippen molar-refractivity contribution < 1.29 is 18.4 Å². The second kappa shape index (κ2) is 6.62. The zero-order valence-electron chi connectivity index (χ0n) is 14.2. The topological polar surface area (TPSA) is 78.4 Å². The second-order valence-corrected chi connectivity index (χ2v) is 6.71. The van der Waals surface area contributed by atoms with Gasteiger partial charge in [-0.15, -0.1) is 0 Å². The van der Waals surface area contributed by atoms with Gasteiger partial charge in [0.1, 0.15) is 5.82 Å². The van der Waals surface area contributed by atoms with E-state index in [9.17, 15) is 18.4 Å². The van der Waals surface area contributed by atoms with Gasteiger partial charge in [0, 0.05) is 57.5 Å². The standard InChI is InChI=1S/C16H21F2N5O2/c1-10-19-4-12(5-20-10)15(25)22-7-14(8-22)23-9-16(17,18)3-13(23)6-21-11(2)24/h4-5,13-14H,3,6-9H2,1-2H3,(H,21,24)/t13-/m0/s1. The lowest BCUT2D eigenvalue weighted by molar-refractivity contribution is -0.119. The molecule has 1 atom stereocenters. The minimum absolute atomic E-state index is 0.123. The maximum atomic E-state index is 13.8. The summed E-state index contributed by atoms with van der Waals surface area (Å²) in [5, 5.41) is 2.61. The molecule has 0 aliphatic carbocycles. The molecule has 0 saturated carbocycles. The molecule has 0 radical (unpaired) electrons. The first-order valence-corrected chi connectivity index (χ1v) is 8.21. The van der Waals surface area contributed by atoms with E-state index in [-0.39, 0.29) is 37.4 Å². The molecule has 2 fully saturated rings. The summed E-state index contributed by atoms with van der Waals surface area (Å²) >= 11 is 0. The van der Waals surface area contributed by atoms with Crippen LogP contribution in [-0.2, 0) is 4.79 Å². The first kappa shape index (κ1) is 17.7. The fourth-order valence-electron chi connectivity index (χ4n) is 3.32. The van der Waals surface area contributed by atoms with Crippen molar-refractivity contribution in [2.75, 3.05) is 26.2 Å². The van der Waals surface area contributed by atoms with Crippen LogP contribution in [0.5, 0.6) is 0 Å². The number of aromatic nitrogens is 2. The Morgan fingerprint density at radius 3 is 2.56 bits per heavy atom. The van der Waals surface area contributed by atoms with E-state index in [1.807, 2.05) is 0 Å². The summed E-state index contributed by atoms with van der Waals surface area (Å²) in [6, 6.07) is -0.536. The molecule has 3 rings (SSSR count). The van der Waals surface area contributed by atoms with Crippen LogP contribution >= 0.6 is 0 Å². The van der Waals surface area contributed by atoms with Crippen LogP contribution in [0.15, 0.2) is 12.4 Å². The number of alkyl halides is 2. The Kier molecular flexibility index (Phi) is 4.68. The van der Waals surface area contributed by atoms with Crippen molar-refractivity contribution in [3.63, 3.8) is 0 Å². The molecule has 0 unspecified atom stereocenters. The number of amides is 2. The maximum Gasteiger partial charge on any atom is 0.262 e. The highest BCUT2D eigenvalue weighted by atomic mass is 19.3. The van der Waals surface area contributed by atoms with Crippen molar-refractivity contribution >= 4 is 11.8 Å². The highest BCUT2D eigenvalue weighted by Gasteiger charge is 2.50. The van der Waals surface area contributed by atoms with E-state index in [1.165, 1.54) is 19.3 Å². The Morgan fingerprint density at radius 2 is 1.96 bits per heavy atom. The molecule has 9 heteroatoms. The van der Waals surface area contributed by atoms with Gasteiger partial charge >= 0.3 is 0 Å². The molecule has 1 aromatic rings. The van der Waals surface area contributed by atoms with E-state index in [0.717, 1.165) is 0 Å². The molecule has 2 amide bonds. The Labute approximate surface area is 144 Å². The second-order valence-electron chi connectivity index (χ2n) is 6.71. The summed E-state index contributed by atoms with van der Waals surface area (Å²) in [7, 11) is 0. The molecule has 1 aromatic heterocycles. The summed E-state index contributed by atoms with van der Waals surface area (Å²) in [5.74, 6) is -2.61. The Morgan fingerprint density at radius 1 is 1.32 bits per heavy atom. The molecule has 136 valence electrons. The zero-order valence-corrected chi connectivity index (χ0v) is 14.2. The van der Waals surface area contributed by atoms with Crippen molar-refractivity contribution in [2.24, 2.45) is 0 Å². The zero-order chi connectivity index (χ0) is 18.2. The van der Waals surface area contributed by atoms with Crippen LogP contribution in [0.1, 0.15) is 29.5 Å². The predicted molar refractivity (Wildman–Crippen MR) is 85.2 cm³/mol. The van der Waals surface area contributed by atoms with Gasteiger partial charge in [0.2, 0.25) is 5.91 Å². The average Bonchev–Trinajstić information content (AvgIpc) is 2.79. The number of carbonyl (C=O) groups is 2. The van der Waals surface area contributed by atoms with Crippen molar-refractivity contribution in [3.05, 3.63) is 23.8 Å². The molecular formula is C16H21F2N5O2. The highest BCUT2D eigenvalue weighted by Crippen LogP contribution is 2.35. The highest BCUT2D eigenvalue weighted by molar-refractivity contribution is 5.94. The van der Waals surface area contributed by atoms with Gasteiger partial charge in [0.15, 0.2) is 0 Å². The number of hydrogen-bond acceptors (Lipinski definition) is 5.